The second-order valence-corrected chi connectivity index (χ2v) is 14.1. The zero-order valence-electron chi connectivity index (χ0n) is 19.9. The highest BCUT2D eigenvalue weighted by Gasteiger charge is 2.39. The van der Waals surface area contributed by atoms with E-state index in [2.05, 4.69) is 33.9 Å². The number of ether oxygens (including phenoxy) is 2. The fourth-order valence-electron chi connectivity index (χ4n) is 3.00. The lowest BCUT2D eigenvalue weighted by Gasteiger charge is -2.36. The molecule has 7 nitrogen and oxygen atoms in total. The van der Waals surface area contributed by atoms with Crippen molar-refractivity contribution in [1.29, 1.82) is 0 Å². The minimum absolute atomic E-state index is 0.0491. The lowest BCUT2D eigenvalue weighted by Crippen LogP contribution is -2.43. The van der Waals surface area contributed by atoms with Crippen LogP contribution in [0.3, 0.4) is 0 Å². The number of carbonyl (C=O) groups excluding carboxylic acids is 2. The largest absolute Gasteiger partial charge is 0.543 e. The van der Waals surface area contributed by atoms with Crippen LogP contribution in [0.1, 0.15) is 34.6 Å². The fourth-order valence-corrected chi connectivity index (χ4v) is 4.02. The molecule has 3 rings (SSSR count). The van der Waals surface area contributed by atoms with Crippen molar-refractivity contribution >= 4 is 31.2 Å². The van der Waals surface area contributed by atoms with Gasteiger partial charge >= 0.3 is 11.9 Å². The Morgan fingerprint density at radius 3 is 2.06 bits per heavy atom. The molecule has 2 aromatic carbocycles. The van der Waals surface area contributed by atoms with E-state index in [0.29, 0.717) is 17.1 Å². The summed E-state index contributed by atoms with van der Waals surface area (Å²) < 4.78 is 22.6. The molecule has 174 valence electrons. The normalized spacial score (nSPS) is 11.8. The van der Waals surface area contributed by atoms with Crippen LogP contribution in [0.5, 0.6) is 17.2 Å². The first-order chi connectivity index (χ1) is 15.3. The zero-order valence-corrected chi connectivity index (χ0v) is 20.9. The predicted molar refractivity (Wildman–Crippen MR) is 128 cm³/mol. The minimum atomic E-state index is -2.19. The number of hydrogen-bond donors (Lipinski definition) is 0. The van der Waals surface area contributed by atoms with Crippen molar-refractivity contribution < 1.29 is 27.9 Å². The van der Waals surface area contributed by atoms with Crippen LogP contribution >= 0.6 is 0 Å². The van der Waals surface area contributed by atoms with E-state index in [9.17, 15) is 14.4 Å². The summed E-state index contributed by atoms with van der Waals surface area (Å²) in [6.07, 6.45) is 1.36. The molecule has 0 spiro atoms. The van der Waals surface area contributed by atoms with Crippen LogP contribution in [0.2, 0.25) is 18.1 Å². The van der Waals surface area contributed by atoms with Crippen molar-refractivity contribution in [3.63, 3.8) is 0 Å². The molecule has 0 saturated heterocycles. The highest BCUT2D eigenvalue weighted by molar-refractivity contribution is 6.74. The lowest BCUT2D eigenvalue weighted by molar-refractivity contribution is -0.132. The van der Waals surface area contributed by atoms with Gasteiger partial charge in [-0.2, -0.15) is 0 Å². The van der Waals surface area contributed by atoms with Gasteiger partial charge in [0.1, 0.15) is 34.5 Å². The molecule has 0 N–H and O–H groups in total. The van der Waals surface area contributed by atoms with Crippen molar-refractivity contribution in [3.05, 3.63) is 52.9 Å². The van der Waals surface area contributed by atoms with Gasteiger partial charge in [-0.3, -0.25) is 14.4 Å². The maximum Gasteiger partial charge on any atom is 0.308 e. The Labute approximate surface area is 193 Å². The molecule has 1 aromatic heterocycles. The molecule has 0 fully saturated rings. The van der Waals surface area contributed by atoms with Gasteiger partial charge in [-0.25, -0.2) is 0 Å². The Morgan fingerprint density at radius 1 is 0.909 bits per heavy atom. The highest BCUT2D eigenvalue weighted by atomic mass is 28.4. The summed E-state index contributed by atoms with van der Waals surface area (Å²) in [7, 11) is -2.19. The van der Waals surface area contributed by atoms with E-state index >= 15 is 0 Å². The van der Waals surface area contributed by atoms with Gasteiger partial charge in [0.2, 0.25) is 13.7 Å². The van der Waals surface area contributed by atoms with E-state index in [1.165, 1.54) is 20.1 Å². The second-order valence-electron chi connectivity index (χ2n) is 9.35. The van der Waals surface area contributed by atoms with Gasteiger partial charge < -0.3 is 18.3 Å². The van der Waals surface area contributed by atoms with Gasteiger partial charge in [0.05, 0.1) is 5.56 Å². The summed E-state index contributed by atoms with van der Waals surface area (Å²) in [5, 5.41) is 0.0984. The summed E-state index contributed by atoms with van der Waals surface area (Å²) in [5.41, 5.74) is 0.750. The first kappa shape index (κ1) is 24.3. The molecular weight excluding hydrogens is 440 g/mol. The third-order valence-electron chi connectivity index (χ3n) is 5.67. The Morgan fingerprint density at radius 2 is 1.52 bits per heavy atom. The van der Waals surface area contributed by atoms with E-state index in [0.717, 1.165) is 0 Å². The van der Waals surface area contributed by atoms with Crippen LogP contribution in [-0.2, 0) is 9.59 Å². The molecule has 0 aliphatic heterocycles. The van der Waals surface area contributed by atoms with Gasteiger partial charge in [-0.05, 0) is 35.8 Å². The topological polar surface area (TPSA) is 92.0 Å². The van der Waals surface area contributed by atoms with Crippen LogP contribution in [-0.4, -0.2) is 20.3 Å². The van der Waals surface area contributed by atoms with E-state index in [1.807, 2.05) is 0 Å². The molecule has 0 aliphatic carbocycles. The zero-order chi connectivity index (χ0) is 24.6. The maximum atomic E-state index is 13.4. The molecule has 0 atom stereocenters. The molecule has 33 heavy (non-hydrogen) atoms. The minimum Gasteiger partial charge on any atom is -0.543 e. The number of carbonyl (C=O) groups is 2. The van der Waals surface area contributed by atoms with Crippen LogP contribution in [0.25, 0.3) is 22.1 Å². The quantitative estimate of drug-likeness (QED) is 0.270. The number of rotatable bonds is 5. The van der Waals surface area contributed by atoms with Crippen molar-refractivity contribution in [2.24, 2.45) is 0 Å². The summed E-state index contributed by atoms with van der Waals surface area (Å²) in [4.78, 5) is 36.3. The Kier molecular flexibility index (Phi) is 6.51. The molecule has 0 radical (unpaired) electrons. The van der Waals surface area contributed by atoms with E-state index < -0.39 is 20.3 Å². The van der Waals surface area contributed by atoms with Crippen LogP contribution in [0.4, 0.5) is 0 Å². The Balaban J connectivity index is 2.13. The summed E-state index contributed by atoms with van der Waals surface area (Å²) in [6, 6.07) is 9.69. The molecule has 3 aromatic rings. The van der Waals surface area contributed by atoms with Crippen molar-refractivity contribution in [2.75, 3.05) is 0 Å². The molecule has 8 heteroatoms. The van der Waals surface area contributed by atoms with Crippen molar-refractivity contribution in [2.45, 2.75) is 52.8 Å². The van der Waals surface area contributed by atoms with Gasteiger partial charge in [-0.1, -0.05) is 32.9 Å². The SMILES string of the molecule is CC(=O)Oc1ccc(-c2coc3cc(O[Si](C)(C)C(C)(C)C)cc(OC(C)=O)c3c2=O)cc1. The summed E-state index contributed by atoms with van der Waals surface area (Å²) in [5.74, 6) is -0.0664. The van der Waals surface area contributed by atoms with Gasteiger partial charge in [0, 0.05) is 26.0 Å². The molecule has 0 unspecified atom stereocenters. The molecule has 1 heterocycles. The molecule has 0 amide bonds. The summed E-state index contributed by atoms with van der Waals surface area (Å²) >= 11 is 0. The number of esters is 2. The molecule has 0 bridgehead atoms. The average Bonchev–Trinajstić information content (AvgIpc) is 2.66. The van der Waals surface area contributed by atoms with Crippen LogP contribution in [0.15, 0.2) is 51.9 Å². The van der Waals surface area contributed by atoms with Gasteiger partial charge in [0.25, 0.3) is 0 Å². The van der Waals surface area contributed by atoms with E-state index in [4.69, 9.17) is 18.3 Å². The predicted octanol–water partition coefficient (Wildman–Crippen LogP) is 5.69. The van der Waals surface area contributed by atoms with Crippen LogP contribution < -0.4 is 19.3 Å². The van der Waals surface area contributed by atoms with Crippen molar-refractivity contribution in [1.82, 2.24) is 0 Å². The van der Waals surface area contributed by atoms with Gasteiger partial charge in [0.15, 0.2) is 0 Å². The fraction of sp³-hybridized carbons (Fsp3) is 0.320. The smallest absolute Gasteiger partial charge is 0.308 e. The number of benzene rings is 2. The molecular formula is C25H28O7Si. The Hall–Kier alpha value is -3.39. The Bertz CT molecular complexity index is 1260. The first-order valence-corrected chi connectivity index (χ1v) is 13.4. The third-order valence-corrected chi connectivity index (χ3v) is 10.0. The monoisotopic (exact) mass is 468 g/mol. The second kappa shape index (κ2) is 8.86. The maximum absolute atomic E-state index is 13.4. The third kappa shape index (κ3) is 5.34. The van der Waals surface area contributed by atoms with Gasteiger partial charge in [-0.15, -0.1) is 0 Å². The van der Waals surface area contributed by atoms with Crippen molar-refractivity contribution in [3.8, 4) is 28.4 Å². The average molecular weight is 469 g/mol. The number of fused-ring (bicyclic) bond motifs is 1. The standard InChI is InChI=1S/C25H28O7Si/c1-15(26)30-18-10-8-17(9-11-18)20-14-29-21-12-19(32-33(6,7)25(3,4)5)13-22(31-16(2)27)23(21)24(20)28/h8-14H,1-7H3. The molecule has 0 aliphatic rings. The summed E-state index contributed by atoms with van der Waals surface area (Å²) in [6.45, 7) is 13.1. The number of hydrogen-bond acceptors (Lipinski definition) is 7. The van der Waals surface area contributed by atoms with E-state index in [-0.39, 0.29) is 32.7 Å². The van der Waals surface area contributed by atoms with Crippen LogP contribution in [0, 0.1) is 0 Å². The van der Waals surface area contributed by atoms with E-state index in [1.54, 1.807) is 36.4 Å². The first-order valence-electron chi connectivity index (χ1n) is 10.5. The lowest BCUT2D eigenvalue weighted by atomic mass is 10.0. The highest BCUT2D eigenvalue weighted by Crippen LogP contribution is 2.39. The molecule has 0 saturated carbocycles.